The summed E-state index contributed by atoms with van der Waals surface area (Å²) in [6.45, 7) is 1.85. The van der Waals surface area contributed by atoms with Crippen LogP contribution in [0.3, 0.4) is 0 Å². The van der Waals surface area contributed by atoms with Crippen LogP contribution in [0.5, 0.6) is 0 Å². The number of nitrogens with one attached hydrogen (secondary N) is 2. The Hall–Kier alpha value is -4.63. The minimum Gasteiger partial charge on any atom is -0.397 e. The number of fused-ring (bicyclic) bond motifs is 1. The Morgan fingerprint density at radius 3 is 2.52 bits per heavy atom. The molecule has 0 aliphatic carbocycles. The number of guanidine groups is 1. The SMILES string of the molecule is Cc1cc(F)ccc1-c1ccc(C2N=C(NC#N)Nc3nc(N)c(C#N)c(N)c32)cc1. The molecule has 31 heavy (non-hydrogen) atoms. The maximum Gasteiger partial charge on any atom is 0.211 e. The zero-order valence-corrected chi connectivity index (χ0v) is 16.4. The fourth-order valence-corrected chi connectivity index (χ4v) is 3.62. The minimum atomic E-state index is -0.615. The van der Waals surface area contributed by atoms with Gasteiger partial charge in [-0.2, -0.15) is 10.5 Å². The van der Waals surface area contributed by atoms with Gasteiger partial charge in [0.05, 0.1) is 5.69 Å². The Kier molecular flexibility index (Phi) is 4.86. The van der Waals surface area contributed by atoms with Crippen molar-refractivity contribution in [3.63, 3.8) is 0 Å². The lowest BCUT2D eigenvalue weighted by Crippen LogP contribution is -2.32. The smallest absolute Gasteiger partial charge is 0.211 e. The largest absolute Gasteiger partial charge is 0.397 e. The van der Waals surface area contributed by atoms with Crippen molar-refractivity contribution in [1.29, 1.82) is 10.5 Å². The summed E-state index contributed by atoms with van der Waals surface area (Å²) in [5.41, 5.74) is 16.3. The molecule has 1 unspecified atom stereocenters. The van der Waals surface area contributed by atoms with Crippen LogP contribution in [0.4, 0.5) is 21.7 Å². The third kappa shape index (κ3) is 3.45. The van der Waals surface area contributed by atoms with Crippen molar-refractivity contribution >= 4 is 23.3 Å². The highest BCUT2D eigenvalue weighted by atomic mass is 19.1. The van der Waals surface area contributed by atoms with Crippen LogP contribution < -0.4 is 22.1 Å². The van der Waals surface area contributed by atoms with Crippen LogP contribution >= 0.6 is 0 Å². The second-order valence-electron chi connectivity index (χ2n) is 6.98. The van der Waals surface area contributed by atoms with Crippen LogP contribution in [0.2, 0.25) is 0 Å². The number of nitrogen functional groups attached to an aromatic ring is 2. The van der Waals surface area contributed by atoms with Gasteiger partial charge in [-0.3, -0.25) is 5.32 Å². The third-order valence-electron chi connectivity index (χ3n) is 5.08. The molecule has 8 nitrogen and oxygen atoms in total. The number of pyridine rings is 1. The van der Waals surface area contributed by atoms with Crippen molar-refractivity contribution in [2.45, 2.75) is 13.0 Å². The number of hydrogen-bond acceptors (Lipinski definition) is 8. The predicted molar refractivity (Wildman–Crippen MR) is 116 cm³/mol. The molecule has 1 aromatic heterocycles. The van der Waals surface area contributed by atoms with E-state index in [0.29, 0.717) is 11.4 Å². The van der Waals surface area contributed by atoms with E-state index in [1.165, 1.54) is 12.1 Å². The molecule has 1 aliphatic rings. The van der Waals surface area contributed by atoms with E-state index in [1.54, 1.807) is 6.07 Å². The van der Waals surface area contributed by atoms with Crippen LogP contribution in [-0.4, -0.2) is 10.9 Å². The summed E-state index contributed by atoms with van der Waals surface area (Å²) in [6.07, 6.45) is 1.82. The fourth-order valence-electron chi connectivity index (χ4n) is 3.62. The van der Waals surface area contributed by atoms with Gasteiger partial charge in [0.1, 0.15) is 35.1 Å². The van der Waals surface area contributed by atoms with E-state index in [9.17, 15) is 9.65 Å². The summed E-state index contributed by atoms with van der Waals surface area (Å²) in [4.78, 5) is 8.77. The molecule has 9 heteroatoms. The molecule has 1 atom stereocenters. The second-order valence-corrected chi connectivity index (χ2v) is 6.98. The average Bonchev–Trinajstić information content (AvgIpc) is 2.74. The van der Waals surface area contributed by atoms with Gasteiger partial charge in [-0.15, -0.1) is 0 Å². The van der Waals surface area contributed by atoms with E-state index < -0.39 is 6.04 Å². The molecule has 2 aromatic carbocycles. The molecule has 0 fully saturated rings. The van der Waals surface area contributed by atoms with Crippen LogP contribution in [0.25, 0.3) is 11.1 Å². The standard InChI is InChI=1S/C22H17FN8/c1-11-8-14(23)6-7-15(11)12-2-4-13(5-3-12)19-17-18(26)16(9-24)20(27)30-21(17)31-22(29-19)28-10-25/h2-8,19H,1H3,(H6,26,27,28,29,30,31). The van der Waals surface area contributed by atoms with Crippen molar-refractivity contribution in [1.82, 2.24) is 10.3 Å². The van der Waals surface area contributed by atoms with Gasteiger partial charge in [-0.05, 0) is 41.3 Å². The summed E-state index contributed by atoms with van der Waals surface area (Å²) in [5, 5.41) is 23.8. The minimum absolute atomic E-state index is 0.00894. The number of nitriles is 2. The molecule has 152 valence electrons. The number of aryl methyl sites for hydroxylation is 1. The monoisotopic (exact) mass is 412 g/mol. The Balaban J connectivity index is 1.82. The highest BCUT2D eigenvalue weighted by Gasteiger charge is 2.29. The van der Waals surface area contributed by atoms with E-state index >= 15 is 0 Å². The third-order valence-corrected chi connectivity index (χ3v) is 5.08. The first-order chi connectivity index (χ1) is 14.9. The number of anilines is 3. The topological polar surface area (TPSA) is 149 Å². The molecular formula is C22H17FN8. The molecule has 0 bridgehead atoms. The van der Waals surface area contributed by atoms with Gasteiger partial charge in [0, 0.05) is 5.56 Å². The summed E-state index contributed by atoms with van der Waals surface area (Å²) in [7, 11) is 0. The highest BCUT2D eigenvalue weighted by molar-refractivity contribution is 5.98. The van der Waals surface area contributed by atoms with Gasteiger partial charge < -0.3 is 16.8 Å². The highest BCUT2D eigenvalue weighted by Crippen LogP contribution is 2.40. The molecule has 2 heterocycles. The van der Waals surface area contributed by atoms with Crippen molar-refractivity contribution in [2.75, 3.05) is 16.8 Å². The first-order valence-electron chi connectivity index (χ1n) is 9.28. The molecule has 1 aliphatic heterocycles. The van der Waals surface area contributed by atoms with Gasteiger partial charge >= 0.3 is 0 Å². The molecule has 3 aromatic rings. The van der Waals surface area contributed by atoms with Gasteiger partial charge in [0.15, 0.2) is 6.19 Å². The molecule has 0 saturated carbocycles. The van der Waals surface area contributed by atoms with E-state index in [2.05, 4.69) is 20.6 Å². The molecule has 0 saturated heterocycles. The summed E-state index contributed by atoms with van der Waals surface area (Å²) < 4.78 is 13.4. The number of benzene rings is 2. The molecule has 4 rings (SSSR count). The van der Waals surface area contributed by atoms with E-state index in [0.717, 1.165) is 22.3 Å². The van der Waals surface area contributed by atoms with Gasteiger partial charge in [-0.1, -0.05) is 30.3 Å². The van der Waals surface area contributed by atoms with Crippen LogP contribution in [0.15, 0.2) is 47.5 Å². The lowest BCUT2D eigenvalue weighted by molar-refractivity contribution is 0.627. The van der Waals surface area contributed by atoms with Gasteiger partial charge in [-0.25, -0.2) is 14.4 Å². The number of rotatable bonds is 2. The zero-order valence-electron chi connectivity index (χ0n) is 16.4. The molecular weight excluding hydrogens is 395 g/mol. The van der Waals surface area contributed by atoms with Crippen LogP contribution in [0, 0.1) is 35.5 Å². The van der Waals surface area contributed by atoms with Crippen molar-refractivity contribution in [3.05, 3.63) is 70.5 Å². The normalized spacial score (nSPS) is 14.5. The summed E-state index contributed by atoms with van der Waals surface area (Å²) in [6, 6.07) is 13.5. The number of hydrogen-bond donors (Lipinski definition) is 4. The van der Waals surface area contributed by atoms with E-state index in [-0.39, 0.29) is 28.8 Å². The van der Waals surface area contributed by atoms with Crippen molar-refractivity contribution in [3.8, 4) is 23.4 Å². The van der Waals surface area contributed by atoms with Crippen molar-refractivity contribution < 1.29 is 4.39 Å². The Bertz CT molecular complexity index is 1300. The predicted octanol–water partition coefficient (Wildman–Crippen LogP) is 3.17. The Morgan fingerprint density at radius 1 is 1.13 bits per heavy atom. The summed E-state index contributed by atoms with van der Waals surface area (Å²) >= 11 is 0. The molecule has 6 N–H and O–H groups in total. The fraction of sp³-hybridized carbons (Fsp3) is 0.0909. The van der Waals surface area contributed by atoms with E-state index in [1.807, 2.05) is 43.5 Å². The molecule has 0 amide bonds. The summed E-state index contributed by atoms with van der Waals surface area (Å²) in [5.74, 6) is 0.219. The number of nitrogens with two attached hydrogens (primary N) is 2. The molecule has 0 radical (unpaired) electrons. The number of halogens is 1. The number of nitrogens with zero attached hydrogens (tertiary/aromatic N) is 4. The Morgan fingerprint density at radius 2 is 1.87 bits per heavy atom. The first-order valence-corrected chi connectivity index (χ1v) is 9.28. The van der Waals surface area contributed by atoms with Crippen LogP contribution in [0.1, 0.15) is 28.3 Å². The van der Waals surface area contributed by atoms with Crippen molar-refractivity contribution in [2.24, 2.45) is 4.99 Å². The van der Waals surface area contributed by atoms with Crippen LogP contribution in [-0.2, 0) is 0 Å². The van der Waals surface area contributed by atoms with E-state index in [4.69, 9.17) is 16.7 Å². The lowest BCUT2D eigenvalue weighted by Gasteiger charge is -2.26. The zero-order chi connectivity index (χ0) is 22.1. The number of aromatic nitrogens is 1. The maximum absolute atomic E-state index is 13.4. The molecule has 0 spiro atoms. The van der Waals surface area contributed by atoms with Gasteiger partial charge in [0.25, 0.3) is 0 Å². The average molecular weight is 412 g/mol. The second kappa shape index (κ2) is 7.65. The lowest BCUT2D eigenvalue weighted by atomic mass is 9.93. The first kappa shape index (κ1) is 19.7. The quantitative estimate of drug-likeness (QED) is 0.373. The Labute approximate surface area is 177 Å². The maximum atomic E-state index is 13.4. The number of aliphatic imine (C=N–C) groups is 1. The van der Waals surface area contributed by atoms with Gasteiger partial charge in [0.2, 0.25) is 5.96 Å².